The lowest BCUT2D eigenvalue weighted by molar-refractivity contribution is 0.0376. The highest BCUT2D eigenvalue weighted by atomic mass is 35.5. The number of ether oxygens (including phenoxy) is 1. The van der Waals surface area contributed by atoms with Gasteiger partial charge in [-0.1, -0.05) is 23.5 Å². The summed E-state index contributed by atoms with van der Waals surface area (Å²) in [6.07, 6.45) is 0.887. The smallest absolute Gasteiger partial charge is 0.278 e. The second kappa shape index (κ2) is 9.67. The Labute approximate surface area is 180 Å². The minimum absolute atomic E-state index is 0. The average Bonchev–Trinajstić information content (AvgIpc) is 3.28. The zero-order valence-electron chi connectivity index (χ0n) is 16.7. The summed E-state index contributed by atoms with van der Waals surface area (Å²) in [7, 11) is 1.81. The fraction of sp³-hybridized carbons (Fsp3) is 0.450. The van der Waals surface area contributed by atoms with Gasteiger partial charge in [-0.15, -0.1) is 12.4 Å². The standard InChI is InChI=1S/C20H25N5O2S.ClH/c1-15-14-17(23(2)22-15)19(26)25(9-5-8-24-10-12-27-13-11-24)20-21-16-6-3-4-7-18(16)28-20;/h3-4,6-7,14H,5,8-13H2,1-2H3;1H. The Kier molecular flexibility index (Phi) is 7.23. The molecule has 29 heavy (non-hydrogen) atoms. The van der Waals surface area contributed by atoms with Crippen LogP contribution in [0.2, 0.25) is 0 Å². The van der Waals surface area contributed by atoms with Crippen LogP contribution in [0, 0.1) is 6.92 Å². The molecule has 1 aliphatic rings. The second-order valence-electron chi connectivity index (χ2n) is 7.02. The molecule has 3 aromatic rings. The van der Waals surface area contributed by atoms with E-state index in [0.29, 0.717) is 12.2 Å². The molecule has 0 aliphatic carbocycles. The van der Waals surface area contributed by atoms with Gasteiger partial charge in [-0.05, 0) is 31.5 Å². The third kappa shape index (κ3) is 4.95. The highest BCUT2D eigenvalue weighted by Gasteiger charge is 2.24. The Balaban J connectivity index is 0.00000240. The van der Waals surface area contributed by atoms with Gasteiger partial charge in [-0.2, -0.15) is 5.10 Å². The molecule has 9 heteroatoms. The van der Waals surface area contributed by atoms with Crippen molar-refractivity contribution < 1.29 is 9.53 Å². The predicted molar refractivity (Wildman–Crippen MR) is 118 cm³/mol. The summed E-state index contributed by atoms with van der Waals surface area (Å²) in [6, 6.07) is 9.84. The van der Waals surface area contributed by atoms with Gasteiger partial charge in [0.2, 0.25) is 0 Å². The summed E-state index contributed by atoms with van der Waals surface area (Å²) >= 11 is 1.56. The third-order valence-electron chi connectivity index (χ3n) is 4.94. The average molecular weight is 436 g/mol. The van der Waals surface area contributed by atoms with E-state index in [1.54, 1.807) is 16.0 Å². The molecule has 0 N–H and O–H groups in total. The Hall–Kier alpha value is -2.00. The van der Waals surface area contributed by atoms with Crippen LogP contribution in [0.15, 0.2) is 30.3 Å². The fourth-order valence-corrected chi connectivity index (χ4v) is 4.48. The van der Waals surface area contributed by atoms with Crippen molar-refractivity contribution in [2.24, 2.45) is 7.05 Å². The van der Waals surface area contributed by atoms with Crippen molar-refractivity contribution in [2.45, 2.75) is 13.3 Å². The first-order valence-electron chi connectivity index (χ1n) is 9.60. The summed E-state index contributed by atoms with van der Waals surface area (Å²) in [5.74, 6) is -0.0517. The summed E-state index contributed by atoms with van der Waals surface area (Å²) in [5, 5.41) is 5.08. The summed E-state index contributed by atoms with van der Waals surface area (Å²) in [5.41, 5.74) is 2.35. The third-order valence-corrected chi connectivity index (χ3v) is 6.00. The number of para-hydroxylation sites is 1. The number of fused-ring (bicyclic) bond motifs is 1. The van der Waals surface area contributed by atoms with Crippen LogP contribution in [0.1, 0.15) is 22.6 Å². The molecule has 0 atom stereocenters. The molecule has 4 rings (SSSR count). The molecule has 1 aromatic carbocycles. The van der Waals surface area contributed by atoms with Crippen LogP contribution in [0.3, 0.4) is 0 Å². The van der Waals surface area contributed by atoms with Crippen molar-refractivity contribution in [3.63, 3.8) is 0 Å². The van der Waals surface area contributed by atoms with Gasteiger partial charge in [-0.3, -0.25) is 19.3 Å². The number of aryl methyl sites for hydroxylation is 2. The van der Waals surface area contributed by atoms with Crippen molar-refractivity contribution in [3.8, 4) is 0 Å². The van der Waals surface area contributed by atoms with Crippen molar-refractivity contribution in [1.82, 2.24) is 19.7 Å². The van der Waals surface area contributed by atoms with Crippen molar-refractivity contribution >= 4 is 45.0 Å². The minimum Gasteiger partial charge on any atom is -0.379 e. The van der Waals surface area contributed by atoms with E-state index in [1.165, 1.54) is 0 Å². The highest BCUT2D eigenvalue weighted by molar-refractivity contribution is 7.22. The Bertz CT molecular complexity index is 934. The number of carbonyl (C=O) groups excluding carboxylic acids is 1. The van der Waals surface area contributed by atoms with Gasteiger partial charge in [0.1, 0.15) is 5.69 Å². The number of aromatic nitrogens is 3. The number of rotatable bonds is 6. The van der Waals surface area contributed by atoms with Gasteiger partial charge in [0.15, 0.2) is 5.13 Å². The summed E-state index contributed by atoms with van der Waals surface area (Å²) in [6.45, 7) is 6.95. The first-order chi connectivity index (χ1) is 13.6. The number of thiazole rings is 1. The molecule has 0 radical (unpaired) electrons. The maximum atomic E-state index is 13.3. The first-order valence-corrected chi connectivity index (χ1v) is 10.4. The Morgan fingerprint density at radius 2 is 2.03 bits per heavy atom. The lowest BCUT2D eigenvalue weighted by Gasteiger charge is -2.27. The number of anilines is 1. The molecule has 0 bridgehead atoms. The fourth-order valence-electron chi connectivity index (χ4n) is 3.49. The van der Waals surface area contributed by atoms with Gasteiger partial charge >= 0.3 is 0 Å². The Morgan fingerprint density at radius 1 is 1.28 bits per heavy atom. The van der Waals surface area contributed by atoms with E-state index in [4.69, 9.17) is 9.72 Å². The molecule has 1 saturated heterocycles. The quantitative estimate of drug-likeness (QED) is 0.595. The maximum absolute atomic E-state index is 13.3. The first kappa shape index (κ1) is 21.7. The van der Waals surface area contributed by atoms with Gasteiger partial charge in [0.25, 0.3) is 5.91 Å². The molecular formula is C20H26ClN5O2S. The summed E-state index contributed by atoms with van der Waals surface area (Å²) < 4.78 is 8.16. The van der Waals surface area contributed by atoms with Crippen molar-refractivity contribution in [3.05, 3.63) is 41.7 Å². The van der Waals surface area contributed by atoms with Gasteiger partial charge < -0.3 is 4.74 Å². The van der Waals surface area contributed by atoms with E-state index in [1.807, 2.05) is 49.2 Å². The molecular weight excluding hydrogens is 410 g/mol. The zero-order valence-corrected chi connectivity index (χ0v) is 18.3. The number of halogens is 1. The lowest BCUT2D eigenvalue weighted by atomic mass is 10.3. The second-order valence-corrected chi connectivity index (χ2v) is 8.03. The molecule has 0 saturated carbocycles. The van der Waals surface area contributed by atoms with Crippen LogP contribution in [-0.2, 0) is 11.8 Å². The molecule has 1 aliphatic heterocycles. The van der Waals surface area contributed by atoms with Crippen LogP contribution in [0.5, 0.6) is 0 Å². The van der Waals surface area contributed by atoms with Crippen LogP contribution < -0.4 is 4.90 Å². The highest BCUT2D eigenvalue weighted by Crippen LogP contribution is 2.29. The van der Waals surface area contributed by atoms with Gasteiger partial charge in [-0.25, -0.2) is 4.98 Å². The number of morpholine rings is 1. The Morgan fingerprint density at radius 3 is 2.72 bits per heavy atom. The number of nitrogens with zero attached hydrogens (tertiary/aromatic N) is 5. The number of hydrogen-bond acceptors (Lipinski definition) is 6. The molecule has 2 aromatic heterocycles. The molecule has 1 amide bonds. The van der Waals surface area contributed by atoms with E-state index < -0.39 is 0 Å². The largest absolute Gasteiger partial charge is 0.379 e. The molecule has 156 valence electrons. The monoisotopic (exact) mass is 435 g/mol. The minimum atomic E-state index is -0.0517. The van der Waals surface area contributed by atoms with E-state index in [9.17, 15) is 4.79 Å². The normalized spacial score (nSPS) is 14.7. The molecule has 1 fully saturated rings. The molecule has 3 heterocycles. The number of benzene rings is 1. The molecule has 0 unspecified atom stereocenters. The van der Waals surface area contributed by atoms with Crippen molar-refractivity contribution in [1.29, 1.82) is 0 Å². The predicted octanol–water partition coefficient (Wildman–Crippen LogP) is 3.13. The SMILES string of the molecule is Cc1cc(C(=O)N(CCCN2CCOCC2)c2nc3ccccc3s2)n(C)n1.Cl. The van der Waals surface area contributed by atoms with Crippen molar-refractivity contribution in [2.75, 3.05) is 44.3 Å². The van der Waals surface area contributed by atoms with Crippen LogP contribution in [-0.4, -0.2) is 65.0 Å². The van der Waals surface area contributed by atoms with E-state index in [-0.39, 0.29) is 18.3 Å². The molecule has 0 spiro atoms. The zero-order chi connectivity index (χ0) is 19.5. The van der Waals surface area contributed by atoms with Crippen LogP contribution in [0.25, 0.3) is 10.2 Å². The van der Waals surface area contributed by atoms with Crippen LogP contribution in [0.4, 0.5) is 5.13 Å². The lowest BCUT2D eigenvalue weighted by Crippen LogP contribution is -2.39. The number of carbonyl (C=O) groups is 1. The van der Waals surface area contributed by atoms with E-state index in [0.717, 1.165) is 60.3 Å². The molecule has 7 nitrogen and oxygen atoms in total. The van der Waals surface area contributed by atoms with E-state index in [2.05, 4.69) is 10.00 Å². The topological polar surface area (TPSA) is 63.5 Å². The maximum Gasteiger partial charge on any atom is 0.278 e. The van der Waals surface area contributed by atoms with Gasteiger partial charge in [0, 0.05) is 33.2 Å². The number of amides is 1. The van der Waals surface area contributed by atoms with E-state index >= 15 is 0 Å². The summed E-state index contributed by atoms with van der Waals surface area (Å²) in [4.78, 5) is 22.3. The van der Waals surface area contributed by atoms with Gasteiger partial charge in [0.05, 0.1) is 29.1 Å². The van der Waals surface area contributed by atoms with Crippen LogP contribution >= 0.6 is 23.7 Å². The number of hydrogen-bond donors (Lipinski definition) is 0.